The van der Waals surface area contributed by atoms with E-state index in [0.717, 1.165) is 25.9 Å². The van der Waals surface area contributed by atoms with Crippen LogP contribution in [-0.4, -0.2) is 34.6 Å². The van der Waals surface area contributed by atoms with E-state index >= 15 is 0 Å². The Kier molecular flexibility index (Phi) is 5.80. The highest BCUT2D eigenvalue weighted by Crippen LogP contribution is 2.28. The molecule has 2 rings (SSSR count). The zero-order valence-corrected chi connectivity index (χ0v) is 13.1. The molecule has 1 saturated heterocycles. The van der Waals surface area contributed by atoms with Gasteiger partial charge in [-0.2, -0.15) is 0 Å². The summed E-state index contributed by atoms with van der Waals surface area (Å²) in [6.45, 7) is 4.21. The zero-order chi connectivity index (χ0) is 15.1. The molecule has 1 fully saturated rings. The van der Waals surface area contributed by atoms with Crippen LogP contribution in [0.15, 0.2) is 30.3 Å². The lowest BCUT2D eigenvalue weighted by Crippen LogP contribution is -2.48. The first kappa shape index (κ1) is 16.0. The van der Waals surface area contributed by atoms with Crippen LogP contribution < -0.4 is 0 Å². The Balaban J connectivity index is 2.06. The van der Waals surface area contributed by atoms with Crippen molar-refractivity contribution >= 4 is 5.97 Å². The molecule has 1 N–H and O–H groups in total. The van der Waals surface area contributed by atoms with E-state index in [2.05, 4.69) is 36.1 Å². The third kappa shape index (κ3) is 4.85. The molecule has 1 heterocycles. The summed E-state index contributed by atoms with van der Waals surface area (Å²) in [5.74, 6) is -0.685. The van der Waals surface area contributed by atoms with Crippen LogP contribution in [0, 0.1) is 0 Å². The Morgan fingerprint density at radius 2 is 1.76 bits per heavy atom. The molecular weight excluding hydrogens is 262 g/mol. The first-order chi connectivity index (χ1) is 10.1. The fraction of sp³-hybridized carbons (Fsp3) is 0.611. The number of aryl methyl sites for hydroxylation is 1. The van der Waals surface area contributed by atoms with Crippen molar-refractivity contribution in [3.63, 3.8) is 0 Å². The van der Waals surface area contributed by atoms with E-state index in [1.54, 1.807) is 0 Å². The topological polar surface area (TPSA) is 40.5 Å². The monoisotopic (exact) mass is 289 g/mol. The molecule has 3 nitrogen and oxygen atoms in total. The van der Waals surface area contributed by atoms with E-state index in [1.165, 1.54) is 31.2 Å². The molecule has 1 atom stereocenters. The Morgan fingerprint density at radius 3 is 2.33 bits per heavy atom. The second-order valence-electron chi connectivity index (χ2n) is 6.45. The summed E-state index contributed by atoms with van der Waals surface area (Å²) < 4.78 is 0. The van der Waals surface area contributed by atoms with Crippen molar-refractivity contribution in [3.05, 3.63) is 35.9 Å². The first-order valence-electron chi connectivity index (χ1n) is 8.11. The number of carboxylic acids is 1. The van der Waals surface area contributed by atoms with Gasteiger partial charge in [-0.25, -0.2) is 0 Å². The van der Waals surface area contributed by atoms with Crippen LogP contribution in [0.25, 0.3) is 0 Å². The van der Waals surface area contributed by atoms with Gasteiger partial charge in [0.25, 0.3) is 0 Å². The second-order valence-corrected chi connectivity index (χ2v) is 6.45. The van der Waals surface area contributed by atoms with Gasteiger partial charge >= 0.3 is 5.97 Å². The van der Waals surface area contributed by atoms with Gasteiger partial charge in [0.05, 0.1) is 6.42 Å². The Labute approximate surface area is 128 Å². The molecule has 1 aromatic carbocycles. The van der Waals surface area contributed by atoms with Crippen molar-refractivity contribution in [2.75, 3.05) is 13.1 Å². The van der Waals surface area contributed by atoms with Gasteiger partial charge in [-0.1, -0.05) is 43.2 Å². The van der Waals surface area contributed by atoms with Crippen molar-refractivity contribution < 1.29 is 9.90 Å². The van der Waals surface area contributed by atoms with Crippen molar-refractivity contribution in [2.24, 2.45) is 0 Å². The van der Waals surface area contributed by atoms with Gasteiger partial charge < -0.3 is 5.11 Å². The van der Waals surface area contributed by atoms with Gasteiger partial charge in [0.1, 0.15) is 0 Å². The maximum atomic E-state index is 11.3. The number of nitrogens with zero attached hydrogens (tertiary/aromatic N) is 1. The van der Waals surface area contributed by atoms with Crippen molar-refractivity contribution in [1.29, 1.82) is 0 Å². The molecule has 21 heavy (non-hydrogen) atoms. The highest BCUT2D eigenvalue weighted by molar-refractivity contribution is 5.68. The number of likely N-dealkylation sites (tertiary alicyclic amines) is 1. The third-order valence-electron chi connectivity index (χ3n) is 4.70. The number of benzene rings is 1. The maximum Gasteiger partial charge on any atom is 0.305 e. The lowest BCUT2D eigenvalue weighted by molar-refractivity contribution is -0.140. The summed E-state index contributed by atoms with van der Waals surface area (Å²) in [5, 5.41) is 9.32. The number of carboxylic acid groups (broad SMARTS) is 1. The summed E-state index contributed by atoms with van der Waals surface area (Å²) in [6.07, 6.45) is 7.03. The SMILES string of the molecule is CC(CCc1ccccc1)(CC(=O)O)N1CCCCCC1. The van der Waals surface area contributed by atoms with E-state index < -0.39 is 5.97 Å². The molecule has 0 amide bonds. The number of hydrogen-bond acceptors (Lipinski definition) is 2. The molecule has 0 saturated carbocycles. The summed E-state index contributed by atoms with van der Waals surface area (Å²) in [5.41, 5.74) is 1.07. The van der Waals surface area contributed by atoms with Gasteiger partial charge in [-0.15, -0.1) is 0 Å². The molecule has 0 radical (unpaired) electrons. The van der Waals surface area contributed by atoms with Crippen molar-refractivity contribution in [3.8, 4) is 0 Å². The van der Waals surface area contributed by atoms with Crippen molar-refractivity contribution in [2.45, 2.75) is 57.4 Å². The molecule has 0 aliphatic carbocycles. The molecular formula is C18H27NO2. The Hall–Kier alpha value is -1.35. The predicted octanol–water partition coefficient (Wildman–Crippen LogP) is 3.73. The lowest BCUT2D eigenvalue weighted by Gasteiger charge is -2.40. The molecule has 1 aromatic rings. The highest BCUT2D eigenvalue weighted by atomic mass is 16.4. The number of aliphatic carboxylic acids is 1. The molecule has 0 spiro atoms. The molecule has 1 aliphatic heterocycles. The summed E-state index contributed by atoms with van der Waals surface area (Å²) in [7, 11) is 0. The van der Waals surface area contributed by atoms with Crippen LogP contribution in [0.5, 0.6) is 0 Å². The fourth-order valence-corrected chi connectivity index (χ4v) is 3.35. The Bertz CT molecular complexity index is 438. The molecule has 3 heteroatoms. The first-order valence-corrected chi connectivity index (χ1v) is 8.11. The molecule has 0 aromatic heterocycles. The molecule has 0 bridgehead atoms. The van der Waals surface area contributed by atoms with Gasteiger partial charge in [0, 0.05) is 5.54 Å². The van der Waals surface area contributed by atoms with E-state index in [1.807, 2.05) is 6.07 Å². The summed E-state index contributed by atoms with van der Waals surface area (Å²) >= 11 is 0. The smallest absolute Gasteiger partial charge is 0.305 e. The predicted molar refractivity (Wildman–Crippen MR) is 85.5 cm³/mol. The van der Waals surface area contributed by atoms with Crippen molar-refractivity contribution in [1.82, 2.24) is 4.90 Å². The van der Waals surface area contributed by atoms with E-state index in [4.69, 9.17) is 0 Å². The standard InChI is InChI=1S/C18H27NO2/c1-18(15-17(20)21,19-13-7-2-3-8-14-19)12-11-16-9-5-4-6-10-16/h4-6,9-10H,2-3,7-8,11-15H2,1H3,(H,20,21). The van der Waals surface area contributed by atoms with E-state index in [-0.39, 0.29) is 12.0 Å². The zero-order valence-electron chi connectivity index (χ0n) is 13.1. The van der Waals surface area contributed by atoms with Crippen LogP contribution in [0.2, 0.25) is 0 Å². The highest BCUT2D eigenvalue weighted by Gasteiger charge is 2.34. The minimum Gasteiger partial charge on any atom is -0.481 e. The number of rotatable bonds is 6. The second kappa shape index (κ2) is 7.60. The molecule has 116 valence electrons. The van der Waals surface area contributed by atoms with Gasteiger partial charge in [-0.3, -0.25) is 9.69 Å². The van der Waals surface area contributed by atoms with Crippen LogP contribution in [0.1, 0.15) is 51.0 Å². The van der Waals surface area contributed by atoms with E-state index in [9.17, 15) is 9.90 Å². The normalized spacial score (nSPS) is 19.7. The lowest BCUT2D eigenvalue weighted by atomic mass is 9.87. The van der Waals surface area contributed by atoms with Crippen LogP contribution in [-0.2, 0) is 11.2 Å². The summed E-state index contributed by atoms with van der Waals surface area (Å²) in [6, 6.07) is 10.4. The van der Waals surface area contributed by atoms with Crippen LogP contribution in [0.4, 0.5) is 0 Å². The van der Waals surface area contributed by atoms with Gasteiger partial charge in [0.15, 0.2) is 0 Å². The maximum absolute atomic E-state index is 11.3. The average molecular weight is 289 g/mol. The van der Waals surface area contributed by atoms with Gasteiger partial charge in [-0.05, 0) is 51.3 Å². The van der Waals surface area contributed by atoms with E-state index in [0.29, 0.717) is 0 Å². The number of hydrogen-bond donors (Lipinski definition) is 1. The minimum atomic E-state index is -0.685. The van der Waals surface area contributed by atoms with Crippen LogP contribution >= 0.6 is 0 Å². The molecule has 1 unspecified atom stereocenters. The van der Waals surface area contributed by atoms with Gasteiger partial charge in [0.2, 0.25) is 0 Å². The summed E-state index contributed by atoms with van der Waals surface area (Å²) in [4.78, 5) is 13.8. The third-order valence-corrected chi connectivity index (χ3v) is 4.70. The molecule has 1 aliphatic rings. The quantitative estimate of drug-likeness (QED) is 0.867. The fourth-order valence-electron chi connectivity index (χ4n) is 3.35. The largest absolute Gasteiger partial charge is 0.481 e. The average Bonchev–Trinajstić information content (AvgIpc) is 2.75. The number of carbonyl (C=O) groups is 1. The minimum absolute atomic E-state index is 0.230. The van der Waals surface area contributed by atoms with Crippen LogP contribution in [0.3, 0.4) is 0 Å². The Morgan fingerprint density at radius 1 is 1.14 bits per heavy atom.